The lowest BCUT2D eigenvalue weighted by Gasteiger charge is -2.27. The zero-order valence-corrected chi connectivity index (χ0v) is 13.3. The van der Waals surface area contributed by atoms with Crippen molar-refractivity contribution in [1.82, 2.24) is 20.3 Å². The summed E-state index contributed by atoms with van der Waals surface area (Å²) in [5, 5.41) is 12.0. The summed E-state index contributed by atoms with van der Waals surface area (Å²) in [5.74, 6) is 0.885. The molecular formula is C16H24N4O. The Labute approximate surface area is 125 Å². The van der Waals surface area contributed by atoms with Crippen molar-refractivity contribution in [2.45, 2.75) is 52.6 Å². The fourth-order valence-corrected chi connectivity index (χ4v) is 3.20. The van der Waals surface area contributed by atoms with Gasteiger partial charge in [-0.05, 0) is 25.2 Å². The highest BCUT2D eigenvalue weighted by molar-refractivity contribution is 5.60. The van der Waals surface area contributed by atoms with E-state index in [9.17, 15) is 0 Å². The lowest BCUT2D eigenvalue weighted by molar-refractivity contribution is 0.270. The molecular weight excluding hydrogens is 264 g/mol. The number of rotatable bonds is 4. The molecule has 1 aliphatic rings. The van der Waals surface area contributed by atoms with Crippen LogP contribution < -0.4 is 5.32 Å². The Morgan fingerprint density at radius 1 is 1.48 bits per heavy atom. The topological polar surface area (TPSA) is 55.9 Å². The number of nitrogens with zero attached hydrogens (tertiary/aromatic N) is 3. The Kier molecular flexibility index (Phi) is 3.61. The fraction of sp³-hybridized carbons (Fsp3) is 0.625. The summed E-state index contributed by atoms with van der Waals surface area (Å²) < 4.78 is 7.31. The van der Waals surface area contributed by atoms with Crippen LogP contribution in [0.25, 0.3) is 11.3 Å². The smallest absolute Gasteiger partial charge is 0.151 e. The first kappa shape index (κ1) is 14.3. The van der Waals surface area contributed by atoms with E-state index in [4.69, 9.17) is 4.52 Å². The van der Waals surface area contributed by atoms with Gasteiger partial charge in [-0.15, -0.1) is 0 Å². The molecule has 2 heterocycles. The molecule has 21 heavy (non-hydrogen) atoms. The quantitative estimate of drug-likeness (QED) is 0.939. The maximum Gasteiger partial charge on any atom is 0.151 e. The number of nitrogens with one attached hydrogen (secondary N) is 1. The molecule has 1 fully saturated rings. The summed E-state index contributed by atoms with van der Waals surface area (Å²) in [5.41, 5.74) is 3.37. The van der Waals surface area contributed by atoms with Crippen LogP contribution in [0.3, 0.4) is 0 Å². The Bertz CT molecular complexity index is 626. The van der Waals surface area contributed by atoms with Crippen LogP contribution in [0.15, 0.2) is 16.8 Å². The van der Waals surface area contributed by atoms with Gasteiger partial charge in [0.1, 0.15) is 5.69 Å². The third kappa shape index (κ3) is 2.75. The van der Waals surface area contributed by atoms with Crippen LogP contribution in [0, 0.1) is 12.3 Å². The minimum atomic E-state index is 0.378. The molecule has 0 aromatic carbocycles. The van der Waals surface area contributed by atoms with Crippen molar-refractivity contribution in [3.63, 3.8) is 0 Å². The second kappa shape index (κ2) is 5.30. The van der Waals surface area contributed by atoms with Gasteiger partial charge in [0.2, 0.25) is 0 Å². The summed E-state index contributed by atoms with van der Waals surface area (Å²) >= 11 is 0. The first-order chi connectivity index (χ1) is 9.97. The van der Waals surface area contributed by atoms with Crippen molar-refractivity contribution in [2.75, 3.05) is 0 Å². The van der Waals surface area contributed by atoms with Crippen LogP contribution >= 0.6 is 0 Å². The molecule has 1 N–H and O–H groups in total. The molecule has 0 unspecified atom stereocenters. The van der Waals surface area contributed by atoms with E-state index in [0.717, 1.165) is 29.3 Å². The van der Waals surface area contributed by atoms with Crippen LogP contribution in [-0.2, 0) is 13.6 Å². The first-order valence-electron chi connectivity index (χ1n) is 7.65. The zero-order valence-electron chi connectivity index (χ0n) is 13.3. The van der Waals surface area contributed by atoms with E-state index in [-0.39, 0.29) is 0 Å². The van der Waals surface area contributed by atoms with Gasteiger partial charge in [0.05, 0.1) is 12.7 Å². The Morgan fingerprint density at radius 3 is 2.90 bits per heavy atom. The van der Waals surface area contributed by atoms with Crippen LogP contribution in [0.5, 0.6) is 0 Å². The van der Waals surface area contributed by atoms with Crippen molar-refractivity contribution in [2.24, 2.45) is 12.5 Å². The SMILES string of the molecule is Cc1c(-c2cc(CN[C@H]3CCCC3(C)C)on2)cnn1C. The number of hydrogen-bond acceptors (Lipinski definition) is 4. The molecule has 114 valence electrons. The highest BCUT2D eigenvalue weighted by atomic mass is 16.5. The van der Waals surface area contributed by atoms with Gasteiger partial charge in [0, 0.05) is 30.4 Å². The second-order valence-electron chi connectivity index (χ2n) is 6.76. The van der Waals surface area contributed by atoms with Gasteiger partial charge in [0.15, 0.2) is 5.76 Å². The largest absolute Gasteiger partial charge is 0.359 e. The molecule has 5 nitrogen and oxygen atoms in total. The van der Waals surface area contributed by atoms with E-state index in [1.54, 1.807) is 0 Å². The highest BCUT2D eigenvalue weighted by Crippen LogP contribution is 2.37. The normalized spacial score (nSPS) is 21.0. The molecule has 3 rings (SSSR count). The average Bonchev–Trinajstić information content (AvgIpc) is 3.10. The van der Waals surface area contributed by atoms with E-state index < -0.39 is 0 Å². The molecule has 0 amide bonds. The standard InChI is InChI=1S/C16H24N4O/c1-11-13(10-18-20(11)4)14-8-12(21-19-14)9-17-15-6-5-7-16(15,2)3/h8,10,15,17H,5-7,9H2,1-4H3/t15-/m0/s1. The Morgan fingerprint density at radius 2 is 2.29 bits per heavy atom. The monoisotopic (exact) mass is 288 g/mol. The summed E-state index contributed by atoms with van der Waals surface area (Å²) in [4.78, 5) is 0. The summed E-state index contributed by atoms with van der Waals surface area (Å²) in [6, 6.07) is 2.57. The van der Waals surface area contributed by atoms with Crippen LogP contribution in [0.4, 0.5) is 0 Å². The minimum Gasteiger partial charge on any atom is -0.359 e. The Balaban J connectivity index is 1.67. The van der Waals surface area contributed by atoms with Crippen molar-refractivity contribution in [1.29, 1.82) is 0 Å². The predicted octanol–water partition coefficient (Wildman–Crippen LogP) is 3.05. The Hall–Kier alpha value is -1.62. The molecule has 1 aliphatic carbocycles. The van der Waals surface area contributed by atoms with Crippen molar-refractivity contribution in [3.8, 4) is 11.3 Å². The fourth-order valence-electron chi connectivity index (χ4n) is 3.20. The van der Waals surface area contributed by atoms with Gasteiger partial charge in [-0.3, -0.25) is 4.68 Å². The van der Waals surface area contributed by atoms with E-state index in [0.29, 0.717) is 11.5 Å². The summed E-state index contributed by atoms with van der Waals surface area (Å²) in [6.45, 7) is 7.45. The number of aryl methyl sites for hydroxylation is 1. The molecule has 0 bridgehead atoms. The molecule has 5 heteroatoms. The van der Waals surface area contributed by atoms with Gasteiger partial charge in [0.25, 0.3) is 0 Å². The second-order valence-corrected chi connectivity index (χ2v) is 6.76. The van der Waals surface area contributed by atoms with Gasteiger partial charge in [-0.2, -0.15) is 5.10 Å². The molecule has 1 atom stereocenters. The molecule has 0 spiro atoms. The lowest BCUT2D eigenvalue weighted by Crippen LogP contribution is -2.37. The number of aromatic nitrogens is 3. The van der Waals surface area contributed by atoms with Gasteiger partial charge < -0.3 is 9.84 Å². The average molecular weight is 288 g/mol. The molecule has 2 aromatic heterocycles. The van der Waals surface area contributed by atoms with Crippen molar-refractivity contribution < 1.29 is 4.52 Å². The summed E-state index contributed by atoms with van der Waals surface area (Å²) in [6.07, 6.45) is 5.68. The first-order valence-corrected chi connectivity index (χ1v) is 7.65. The van der Waals surface area contributed by atoms with E-state index in [1.165, 1.54) is 19.3 Å². The molecule has 2 aromatic rings. The third-order valence-electron chi connectivity index (χ3n) is 4.85. The number of hydrogen-bond donors (Lipinski definition) is 1. The zero-order chi connectivity index (χ0) is 15.0. The van der Waals surface area contributed by atoms with Gasteiger partial charge >= 0.3 is 0 Å². The third-order valence-corrected chi connectivity index (χ3v) is 4.85. The van der Waals surface area contributed by atoms with Crippen molar-refractivity contribution in [3.05, 3.63) is 23.7 Å². The van der Waals surface area contributed by atoms with E-state index in [1.807, 2.05) is 30.9 Å². The molecule has 1 saturated carbocycles. The van der Waals surface area contributed by atoms with E-state index in [2.05, 4.69) is 29.4 Å². The van der Waals surface area contributed by atoms with Gasteiger partial charge in [-0.1, -0.05) is 25.4 Å². The lowest BCUT2D eigenvalue weighted by atomic mass is 9.87. The van der Waals surface area contributed by atoms with Crippen LogP contribution in [-0.4, -0.2) is 21.0 Å². The maximum atomic E-state index is 5.46. The van der Waals surface area contributed by atoms with Gasteiger partial charge in [-0.25, -0.2) is 0 Å². The van der Waals surface area contributed by atoms with Crippen LogP contribution in [0.1, 0.15) is 44.6 Å². The minimum absolute atomic E-state index is 0.378. The highest BCUT2D eigenvalue weighted by Gasteiger charge is 2.34. The maximum absolute atomic E-state index is 5.46. The van der Waals surface area contributed by atoms with Crippen LogP contribution in [0.2, 0.25) is 0 Å². The summed E-state index contributed by atoms with van der Waals surface area (Å²) in [7, 11) is 1.93. The van der Waals surface area contributed by atoms with Crippen molar-refractivity contribution >= 4 is 0 Å². The predicted molar refractivity (Wildman–Crippen MR) is 81.7 cm³/mol. The molecule has 0 aliphatic heterocycles. The van der Waals surface area contributed by atoms with E-state index >= 15 is 0 Å². The molecule has 0 saturated heterocycles. The molecule has 0 radical (unpaired) electrons.